The van der Waals surface area contributed by atoms with Gasteiger partial charge in [-0.25, -0.2) is 0 Å². The summed E-state index contributed by atoms with van der Waals surface area (Å²) >= 11 is 1.15. The van der Waals surface area contributed by atoms with Crippen molar-refractivity contribution in [2.24, 2.45) is 0 Å². The van der Waals surface area contributed by atoms with E-state index < -0.39 is 5.56 Å². The molecule has 2 aromatic heterocycles. The van der Waals surface area contributed by atoms with E-state index in [1.54, 1.807) is 26.4 Å². The first kappa shape index (κ1) is 20.8. The number of thiazole rings is 1. The maximum Gasteiger partial charge on any atom is 0.296 e. The van der Waals surface area contributed by atoms with Gasteiger partial charge in [-0.3, -0.25) is 9.59 Å². The third-order valence-electron chi connectivity index (χ3n) is 5.38. The first-order valence-electron chi connectivity index (χ1n) is 10.2. The second kappa shape index (κ2) is 8.48. The zero-order valence-corrected chi connectivity index (χ0v) is 18.8. The second-order valence-electron chi connectivity index (χ2n) is 7.41. The summed E-state index contributed by atoms with van der Waals surface area (Å²) in [6.45, 7) is 0. The van der Waals surface area contributed by atoms with E-state index in [9.17, 15) is 9.59 Å². The maximum atomic E-state index is 13.1. The fourth-order valence-electron chi connectivity index (χ4n) is 3.75. The van der Waals surface area contributed by atoms with Crippen molar-refractivity contribution >= 4 is 33.1 Å². The van der Waals surface area contributed by atoms with Crippen molar-refractivity contribution in [3.63, 3.8) is 0 Å². The third kappa shape index (κ3) is 3.85. The van der Waals surface area contributed by atoms with Gasteiger partial charge in [-0.1, -0.05) is 59.9 Å². The fourth-order valence-corrected chi connectivity index (χ4v) is 4.65. The molecule has 5 rings (SSSR count). The largest absolute Gasteiger partial charge is 0.493 e. The topological polar surface area (TPSA) is 82.8 Å². The van der Waals surface area contributed by atoms with Crippen molar-refractivity contribution in [1.82, 2.24) is 14.6 Å². The van der Waals surface area contributed by atoms with Crippen LogP contribution in [-0.4, -0.2) is 28.8 Å². The third-order valence-corrected chi connectivity index (χ3v) is 6.34. The van der Waals surface area contributed by atoms with E-state index in [0.717, 1.165) is 33.2 Å². The lowest BCUT2D eigenvalue weighted by atomic mass is 10.0. The Bertz CT molecular complexity index is 1670. The van der Waals surface area contributed by atoms with Gasteiger partial charge in [0, 0.05) is 6.42 Å². The van der Waals surface area contributed by atoms with Crippen molar-refractivity contribution in [3.05, 3.63) is 103 Å². The zero-order chi connectivity index (χ0) is 22.9. The SMILES string of the molecule is COc1ccc(Cc2nn3c(=O)c(=Cc4cccc5ccccc45)sc3nc2=O)cc1OC. The molecule has 3 aromatic carbocycles. The van der Waals surface area contributed by atoms with Gasteiger partial charge < -0.3 is 9.47 Å². The number of hydrogen-bond donors (Lipinski definition) is 0. The Balaban J connectivity index is 1.59. The molecule has 0 atom stereocenters. The molecular formula is C25H19N3O4S. The quantitative estimate of drug-likeness (QED) is 0.404. The average molecular weight is 458 g/mol. The molecule has 8 heteroatoms. The summed E-state index contributed by atoms with van der Waals surface area (Å²) in [4.78, 5) is 30.1. The van der Waals surface area contributed by atoms with Crippen LogP contribution in [0.3, 0.4) is 0 Å². The van der Waals surface area contributed by atoms with Gasteiger partial charge in [0.15, 0.2) is 11.5 Å². The molecule has 0 radical (unpaired) electrons. The number of methoxy groups -OCH3 is 2. The monoisotopic (exact) mass is 457 g/mol. The van der Waals surface area contributed by atoms with Gasteiger partial charge in [0.1, 0.15) is 5.69 Å². The van der Waals surface area contributed by atoms with Gasteiger partial charge in [-0.2, -0.15) is 14.6 Å². The molecule has 7 nitrogen and oxygen atoms in total. The Kier molecular flexibility index (Phi) is 5.35. The van der Waals surface area contributed by atoms with Crippen molar-refractivity contribution < 1.29 is 9.47 Å². The van der Waals surface area contributed by atoms with Gasteiger partial charge in [0.05, 0.1) is 18.8 Å². The van der Waals surface area contributed by atoms with Crippen LogP contribution in [0.1, 0.15) is 16.8 Å². The van der Waals surface area contributed by atoms with E-state index >= 15 is 0 Å². The van der Waals surface area contributed by atoms with Crippen molar-refractivity contribution in [2.75, 3.05) is 14.2 Å². The molecule has 0 fully saturated rings. The van der Waals surface area contributed by atoms with Crippen LogP contribution in [0.25, 0.3) is 21.8 Å². The molecule has 0 amide bonds. The summed E-state index contributed by atoms with van der Waals surface area (Å²) < 4.78 is 12.3. The van der Waals surface area contributed by atoms with Crippen molar-refractivity contribution in [1.29, 1.82) is 0 Å². The summed E-state index contributed by atoms with van der Waals surface area (Å²) in [7, 11) is 3.11. The zero-order valence-electron chi connectivity index (χ0n) is 17.9. The van der Waals surface area contributed by atoms with Crippen molar-refractivity contribution in [3.8, 4) is 11.5 Å². The van der Waals surface area contributed by atoms with E-state index in [1.807, 2.05) is 54.6 Å². The molecule has 0 bridgehead atoms. The number of fused-ring (bicyclic) bond motifs is 2. The summed E-state index contributed by atoms with van der Waals surface area (Å²) in [5.41, 5.74) is 1.15. The molecular weight excluding hydrogens is 438 g/mol. The highest BCUT2D eigenvalue weighted by atomic mass is 32.1. The van der Waals surface area contributed by atoms with Crippen molar-refractivity contribution in [2.45, 2.75) is 6.42 Å². The van der Waals surface area contributed by atoms with Gasteiger partial charge >= 0.3 is 0 Å². The molecule has 2 heterocycles. The standard InChI is InChI=1S/C25H19N3O4S/c1-31-20-11-10-15(13-21(20)32-2)12-19-23(29)26-25-28(27-19)24(30)22(33-25)14-17-8-5-7-16-6-3-4-9-18(16)17/h3-11,13-14H,12H2,1-2H3. The average Bonchev–Trinajstić information content (AvgIpc) is 3.13. The molecule has 0 saturated heterocycles. The van der Waals surface area contributed by atoms with Crippen LogP contribution in [0, 0.1) is 0 Å². The predicted molar refractivity (Wildman–Crippen MR) is 128 cm³/mol. The normalized spacial score (nSPS) is 11.9. The number of aromatic nitrogens is 3. The molecule has 0 unspecified atom stereocenters. The Hall–Kier alpha value is -4.04. The van der Waals surface area contributed by atoms with E-state index in [1.165, 1.54) is 4.52 Å². The lowest BCUT2D eigenvalue weighted by Crippen LogP contribution is -2.28. The first-order chi connectivity index (χ1) is 16.1. The molecule has 33 heavy (non-hydrogen) atoms. The van der Waals surface area contributed by atoms with Gasteiger partial charge in [0.2, 0.25) is 4.96 Å². The molecule has 0 aliphatic rings. The highest BCUT2D eigenvalue weighted by Gasteiger charge is 2.13. The lowest BCUT2D eigenvalue weighted by molar-refractivity contribution is 0.354. The Labute approximate surface area is 192 Å². The Morgan fingerprint density at radius 1 is 0.970 bits per heavy atom. The molecule has 164 valence electrons. The minimum atomic E-state index is -0.456. The highest BCUT2D eigenvalue weighted by Crippen LogP contribution is 2.28. The highest BCUT2D eigenvalue weighted by molar-refractivity contribution is 7.15. The van der Waals surface area contributed by atoms with E-state index in [4.69, 9.17) is 9.47 Å². The number of nitrogens with zero attached hydrogens (tertiary/aromatic N) is 3. The number of ether oxygens (including phenoxy) is 2. The smallest absolute Gasteiger partial charge is 0.296 e. The van der Waals surface area contributed by atoms with Crippen LogP contribution in [0.2, 0.25) is 0 Å². The minimum Gasteiger partial charge on any atom is -0.493 e. The number of hydrogen-bond acceptors (Lipinski definition) is 7. The molecule has 0 aliphatic carbocycles. The van der Waals surface area contributed by atoms with E-state index in [2.05, 4.69) is 10.1 Å². The molecule has 0 saturated carbocycles. The fraction of sp³-hybridized carbons (Fsp3) is 0.120. The molecule has 0 spiro atoms. The Morgan fingerprint density at radius 2 is 1.76 bits per heavy atom. The predicted octanol–water partition coefficient (Wildman–Crippen LogP) is 2.82. The summed E-state index contributed by atoms with van der Waals surface area (Å²) in [6, 6.07) is 19.3. The second-order valence-corrected chi connectivity index (χ2v) is 8.42. The summed E-state index contributed by atoms with van der Waals surface area (Å²) in [5, 5.41) is 6.47. The van der Waals surface area contributed by atoms with Gasteiger partial charge in [-0.15, -0.1) is 0 Å². The maximum absolute atomic E-state index is 13.1. The van der Waals surface area contributed by atoms with Gasteiger partial charge in [0.25, 0.3) is 11.1 Å². The van der Waals surface area contributed by atoms with Crippen LogP contribution in [0.5, 0.6) is 11.5 Å². The van der Waals surface area contributed by atoms with Crippen LogP contribution < -0.4 is 25.1 Å². The molecule has 5 aromatic rings. The van der Waals surface area contributed by atoms with Gasteiger partial charge in [-0.05, 0) is 40.1 Å². The van der Waals surface area contributed by atoms with Crippen LogP contribution >= 0.6 is 11.3 Å². The van der Waals surface area contributed by atoms with Crippen LogP contribution in [0.4, 0.5) is 0 Å². The van der Waals surface area contributed by atoms with E-state index in [0.29, 0.717) is 16.0 Å². The molecule has 0 N–H and O–H groups in total. The number of rotatable bonds is 5. The lowest BCUT2D eigenvalue weighted by Gasteiger charge is -2.09. The molecule has 0 aliphatic heterocycles. The summed E-state index contributed by atoms with van der Waals surface area (Å²) in [5.74, 6) is 1.14. The van der Waals surface area contributed by atoms with Crippen LogP contribution in [0.15, 0.2) is 70.3 Å². The Morgan fingerprint density at radius 3 is 2.58 bits per heavy atom. The van der Waals surface area contributed by atoms with E-state index in [-0.39, 0.29) is 22.6 Å². The minimum absolute atomic E-state index is 0.186. The summed E-state index contributed by atoms with van der Waals surface area (Å²) in [6.07, 6.45) is 2.04. The van der Waals surface area contributed by atoms with Crippen LogP contribution in [-0.2, 0) is 6.42 Å². The number of benzene rings is 3. The first-order valence-corrected chi connectivity index (χ1v) is 11.0.